The van der Waals surface area contributed by atoms with Crippen molar-refractivity contribution in [3.05, 3.63) is 35.1 Å². The Morgan fingerprint density at radius 3 is 2.94 bits per heavy atom. The lowest BCUT2D eigenvalue weighted by Gasteiger charge is -2.08. The molecule has 1 aliphatic rings. The average molecular weight is 236 g/mol. The van der Waals surface area contributed by atoms with E-state index in [0.29, 0.717) is 12.6 Å². The van der Waals surface area contributed by atoms with Crippen molar-refractivity contribution in [3.63, 3.8) is 0 Å². The minimum absolute atomic E-state index is 0.0153. The van der Waals surface area contributed by atoms with Gasteiger partial charge in [-0.2, -0.15) is 0 Å². The van der Waals surface area contributed by atoms with Crippen LogP contribution < -0.4 is 10.6 Å². The molecule has 4 heteroatoms. The molecule has 1 fully saturated rings. The van der Waals surface area contributed by atoms with Crippen LogP contribution in [0.25, 0.3) is 0 Å². The Labute approximate surface area is 100 Å². The highest BCUT2D eigenvalue weighted by Crippen LogP contribution is 2.18. The maximum Gasteiger partial charge on any atom is 0.234 e. The van der Waals surface area contributed by atoms with Gasteiger partial charge >= 0.3 is 0 Å². The zero-order valence-electron chi connectivity index (χ0n) is 9.92. The van der Waals surface area contributed by atoms with Gasteiger partial charge in [0, 0.05) is 12.6 Å². The molecule has 0 heterocycles. The predicted molar refractivity (Wildman–Crippen MR) is 64.0 cm³/mol. The quantitative estimate of drug-likeness (QED) is 0.813. The molecule has 2 N–H and O–H groups in total. The van der Waals surface area contributed by atoms with Crippen LogP contribution in [-0.4, -0.2) is 18.5 Å². The lowest BCUT2D eigenvalue weighted by molar-refractivity contribution is -0.120. The average Bonchev–Trinajstić information content (AvgIpc) is 3.07. The highest BCUT2D eigenvalue weighted by molar-refractivity contribution is 5.78. The number of rotatable bonds is 5. The highest BCUT2D eigenvalue weighted by atomic mass is 19.1. The monoisotopic (exact) mass is 236 g/mol. The Bertz CT molecular complexity index is 416. The van der Waals surface area contributed by atoms with E-state index < -0.39 is 0 Å². The maximum atomic E-state index is 13.0. The molecule has 1 saturated carbocycles. The van der Waals surface area contributed by atoms with Gasteiger partial charge in [0.25, 0.3) is 0 Å². The first-order valence-corrected chi connectivity index (χ1v) is 5.90. The molecule has 0 atom stereocenters. The van der Waals surface area contributed by atoms with Crippen LogP contribution in [0.5, 0.6) is 0 Å². The Kier molecular flexibility index (Phi) is 3.74. The Morgan fingerprint density at radius 2 is 2.24 bits per heavy atom. The Morgan fingerprint density at radius 1 is 1.47 bits per heavy atom. The van der Waals surface area contributed by atoms with Crippen LogP contribution >= 0.6 is 0 Å². The summed E-state index contributed by atoms with van der Waals surface area (Å²) in [6.45, 7) is 2.73. The second-order valence-electron chi connectivity index (χ2n) is 4.52. The summed E-state index contributed by atoms with van der Waals surface area (Å²) in [5.41, 5.74) is 1.92. The van der Waals surface area contributed by atoms with Crippen LogP contribution in [0.3, 0.4) is 0 Å². The summed E-state index contributed by atoms with van der Waals surface area (Å²) in [5.74, 6) is -0.226. The fourth-order valence-electron chi connectivity index (χ4n) is 1.65. The number of carbonyl (C=O) groups excluding carboxylic acids is 1. The van der Waals surface area contributed by atoms with Gasteiger partial charge in [0.1, 0.15) is 5.82 Å². The summed E-state index contributed by atoms with van der Waals surface area (Å²) in [6, 6.07) is 5.08. The van der Waals surface area contributed by atoms with Gasteiger partial charge in [0.2, 0.25) is 5.91 Å². The largest absolute Gasteiger partial charge is 0.352 e. The van der Waals surface area contributed by atoms with Gasteiger partial charge in [0.15, 0.2) is 0 Å². The molecule has 0 aliphatic heterocycles. The Hall–Kier alpha value is -1.42. The van der Waals surface area contributed by atoms with Crippen molar-refractivity contribution >= 4 is 5.91 Å². The number of halogens is 1. The summed E-state index contributed by atoms with van der Waals surface area (Å²) in [6.07, 6.45) is 2.18. The molecule has 0 unspecified atom stereocenters. The van der Waals surface area contributed by atoms with Crippen LogP contribution in [0.2, 0.25) is 0 Å². The van der Waals surface area contributed by atoms with Crippen molar-refractivity contribution in [2.45, 2.75) is 32.4 Å². The van der Waals surface area contributed by atoms with Gasteiger partial charge in [-0.3, -0.25) is 4.79 Å². The first-order valence-electron chi connectivity index (χ1n) is 5.90. The number of aryl methyl sites for hydroxylation is 1. The second kappa shape index (κ2) is 5.27. The van der Waals surface area contributed by atoms with Gasteiger partial charge in [-0.05, 0) is 43.0 Å². The van der Waals surface area contributed by atoms with E-state index >= 15 is 0 Å². The minimum atomic E-state index is -0.241. The molecule has 3 nitrogen and oxygen atoms in total. The number of carbonyl (C=O) groups is 1. The molecule has 1 aliphatic carbocycles. The lowest BCUT2D eigenvalue weighted by Crippen LogP contribution is -2.34. The van der Waals surface area contributed by atoms with Gasteiger partial charge < -0.3 is 10.6 Å². The molecule has 0 spiro atoms. The third-order valence-electron chi connectivity index (χ3n) is 2.85. The molecule has 2 rings (SSSR count). The summed E-state index contributed by atoms with van der Waals surface area (Å²) >= 11 is 0. The molecule has 0 radical (unpaired) electrons. The first kappa shape index (κ1) is 12.0. The number of hydrogen-bond acceptors (Lipinski definition) is 2. The van der Waals surface area contributed by atoms with E-state index in [4.69, 9.17) is 0 Å². The summed E-state index contributed by atoms with van der Waals surface area (Å²) in [5, 5.41) is 5.91. The molecule has 0 aromatic heterocycles. The molecule has 92 valence electrons. The standard InChI is InChI=1S/C13H17FN2O/c1-9-2-3-11(14)6-10(9)7-15-8-13(17)16-12-4-5-12/h2-3,6,12,15H,4-5,7-8H2,1H3,(H,16,17). The van der Waals surface area contributed by atoms with Crippen molar-refractivity contribution in [2.24, 2.45) is 0 Å². The van der Waals surface area contributed by atoms with Gasteiger partial charge in [-0.1, -0.05) is 6.07 Å². The zero-order chi connectivity index (χ0) is 12.3. The number of nitrogens with one attached hydrogen (secondary N) is 2. The zero-order valence-corrected chi connectivity index (χ0v) is 9.92. The van der Waals surface area contributed by atoms with Crippen LogP contribution in [0.1, 0.15) is 24.0 Å². The lowest BCUT2D eigenvalue weighted by atomic mass is 10.1. The van der Waals surface area contributed by atoms with Gasteiger partial charge in [0.05, 0.1) is 6.54 Å². The molecule has 0 saturated heterocycles. The van der Waals surface area contributed by atoms with Crippen molar-refractivity contribution in [3.8, 4) is 0 Å². The topological polar surface area (TPSA) is 41.1 Å². The van der Waals surface area contributed by atoms with E-state index in [-0.39, 0.29) is 18.3 Å². The molecule has 1 amide bonds. The molecule has 1 aromatic carbocycles. The third kappa shape index (κ3) is 3.82. The van der Waals surface area contributed by atoms with Crippen molar-refractivity contribution in [2.75, 3.05) is 6.54 Å². The number of benzene rings is 1. The van der Waals surface area contributed by atoms with Crippen LogP contribution in [0, 0.1) is 12.7 Å². The highest BCUT2D eigenvalue weighted by Gasteiger charge is 2.22. The predicted octanol–water partition coefficient (Wildman–Crippen LogP) is 1.50. The maximum absolute atomic E-state index is 13.0. The number of hydrogen-bond donors (Lipinski definition) is 2. The fraction of sp³-hybridized carbons (Fsp3) is 0.462. The van der Waals surface area contributed by atoms with E-state index in [1.807, 2.05) is 6.92 Å². The summed E-state index contributed by atoms with van der Waals surface area (Å²) in [4.78, 5) is 11.4. The number of amides is 1. The summed E-state index contributed by atoms with van der Waals surface area (Å²) < 4.78 is 13.0. The SMILES string of the molecule is Cc1ccc(F)cc1CNCC(=O)NC1CC1. The van der Waals surface area contributed by atoms with E-state index in [1.54, 1.807) is 6.07 Å². The van der Waals surface area contributed by atoms with E-state index in [0.717, 1.165) is 24.0 Å². The van der Waals surface area contributed by atoms with E-state index in [2.05, 4.69) is 10.6 Å². The fourth-order valence-corrected chi connectivity index (χ4v) is 1.65. The van der Waals surface area contributed by atoms with Crippen LogP contribution in [-0.2, 0) is 11.3 Å². The van der Waals surface area contributed by atoms with Gasteiger partial charge in [-0.25, -0.2) is 4.39 Å². The second-order valence-corrected chi connectivity index (χ2v) is 4.52. The molecule has 1 aromatic rings. The van der Waals surface area contributed by atoms with E-state index in [1.165, 1.54) is 12.1 Å². The van der Waals surface area contributed by atoms with Crippen molar-refractivity contribution in [1.82, 2.24) is 10.6 Å². The minimum Gasteiger partial charge on any atom is -0.352 e. The van der Waals surface area contributed by atoms with Gasteiger partial charge in [-0.15, -0.1) is 0 Å². The van der Waals surface area contributed by atoms with Crippen molar-refractivity contribution in [1.29, 1.82) is 0 Å². The molecular formula is C13H17FN2O. The smallest absolute Gasteiger partial charge is 0.234 e. The molecule has 0 bridgehead atoms. The molecule has 17 heavy (non-hydrogen) atoms. The Balaban J connectivity index is 1.76. The first-order chi connectivity index (χ1) is 8.15. The van der Waals surface area contributed by atoms with Crippen LogP contribution in [0.4, 0.5) is 4.39 Å². The third-order valence-corrected chi connectivity index (χ3v) is 2.85. The normalized spacial score (nSPS) is 14.7. The molecular weight excluding hydrogens is 219 g/mol. The van der Waals surface area contributed by atoms with Crippen LogP contribution in [0.15, 0.2) is 18.2 Å². The van der Waals surface area contributed by atoms with E-state index in [9.17, 15) is 9.18 Å². The van der Waals surface area contributed by atoms with Crippen molar-refractivity contribution < 1.29 is 9.18 Å². The summed E-state index contributed by atoms with van der Waals surface area (Å²) in [7, 11) is 0.